The molecule has 1 saturated heterocycles. The van der Waals surface area contributed by atoms with Crippen LogP contribution in [0.4, 0.5) is 5.82 Å². The number of nitrogens with one attached hydrogen (secondary N) is 1. The van der Waals surface area contributed by atoms with E-state index in [4.69, 9.17) is 32.4 Å². The first kappa shape index (κ1) is 49.5. The van der Waals surface area contributed by atoms with Crippen LogP contribution in [-0.2, 0) is 33.3 Å². The SMILES string of the molecule is COc1ccc(C(OCC2O[C@H](n3ccc(NC(C)=O)nc3=O)[C@@H](O[Si](C)(C)C(C)(C)C)[C@H]2OP(OCCC#N)N(C(C)C)C(C)C)(c2ccccc2)c2ccc(OC)cc2)cc1. The van der Waals surface area contributed by atoms with Gasteiger partial charge in [-0.25, -0.2) is 9.46 Å². The smallest absolute Gasteiger partial charge is 0.351 e. The zero-order chi connectivity index (χ0) is 46.1. The van der Waals surface area contributed by atoms with Gasteiger partial charge in [0.1, 0.15) is 41.2 Å². The average Bonchev–Trinajstić information content (AvgIpc) is 3.55. The molecular formula is C47H64N5O9PSi. The lowest BCUT2D eigenvalue weighted by Crippen LogP contribution is -2.50. The van der Waals surface area contributed by atoms with Crippen LogP contribution in [0.25, 0.3) is 0 Å². The minimum atomic E-state index is -2.66. The van der Waals surface area contributed by atoms with Gasteiger partial charge >= 0.3 is 5.69 Å². The van der Waals surface area contributed by atoms with E-state index in [9.17, 15) is 14.9 Å². The number of amides is 1. The lowest BCUT2D eigenvalue weighted by molar-refractivity contribution is -0.114. The Morgan fingerprint density at radius 3 is 1.94 bits per heavy atom. The van der Waals surface area contributed by atoms with Crippen LogP contribution in [0.2, 0.25) is 18.1 Å². The lowest BCUT2D eigenvalue weighted by atomic mass is 9.80. The molecule has 1 amide bonds. The molecule has 0 bridgehead atoms. The summed E-state index contributed by atoms with van der Waals surface area (Å²) in [5, 5.41) is 11.9. The molecule has 1 N–H and O–H groups in total. The number of hydrogen-bond acceptors (Lipinski definition) is 12. The number of hydrogen-bond donors (Lipinski definition) is 1. The van der Waals surface area contributed by atoms with Gasteiger partial charge < -0.3 is 37.7 Å². The zero-order valence-electron chi connectivity index (χ0n) is 38.7. The Labute approximate surface area is 374 Å². The summed E-state index contributed by atoms with van der Waals surface area (Å²) in [6.07, 6.45) is -1.94. The fourth-order valence-corrected chi connectivity index (χ4v) is 10.4. The van der Waals surface area contributed by atoms with Crippen LogP contribution in [0.15, 0.2) is 95.9 Å². The van der Waals surface area contributed by atoms with Gasteiger partial charge in [0.05, 0.1) is 39.9 Å². The molecule has 2 heterocycles. The van der Waals surface area contributed by atoms with E-state index in [-0.39, 0.29) is 48.5 Å². The average molecular weight is 902 g/mol. The maximum Gasteiger partial charge on any atom is 0.351 e. The van der Waals surface area contributed by atoms with Crippen molar-refractivity contribution in [1.29, 1.82) is 5.26 Å². The second kappa shape index (κ2) is 21.5. The topological polar surface area (TPSA) is 156 Å². The van der Waals surface area contributed by atoms with Crippen molar-refractivity contribution in [1.82, 2.24) is 14.2 Å². The fraction of sp³-hybridized carbons (Fsp3) is 0.489. The highest BCUT2D eigenvalue weighted by molar-refractivity contribution is 7.44. The van der Waals surface area contributed by atoms with E-state index in [0.717, 1.165) is 16.7 Å². The van der Waals surface area contributed by atoms with Gasteiger partial charge in [0.2, 0.25) is 5.91 Å². The van der Waals surface area contributed by atoms with Crippen molar-refractivity contribution in [2.45, 2.75) is 122 Å². The van der Waals surface area contributed by atoms with Crippen LogP contribution in [0, 0.1) is 11.3 Å². The Balaban J connectivity index is 1.74. The number of ether oxygens (including phenoxy) is 4. The van der Waals surface area contributed by atoms with Crippen LogP contribution in [-0.4, -0.2) is 86.3 Å². The van der Waals surface area contributed by atoms with Crippen molar-refractivity contribution in [3.05, 3.63) is 118 Å². The van der Waals surface area contributed by atoms with Gasteiger partial charge in [0.25, 0.3) is 8.53 Å². The van der Waals surface area contributed by atoms with Crippen molar-refractivity contribution in [2.24, 2.45) is 0 Å². The van der Waals surface area contributed by atoms with Crippen LogP contribution in [0.5, 0.6) is 11.5 Å². The van der Waals surface area contributed by atoms with Crippen molar-refractivity contribution < 1.29 is 37.2 Å². The lowest BCUT2D eigenvalue weighted by Gasteiger charge is -2.42. The van der Waals surface area contributed by atoms with E-state index in [1.165, 1.54) is 11.5 Å². The predicted molar refractivity (Wildman–Crippen MR) is 247 cm³/mol. The van der Waals surface area contributed by atoms with Crippen LogP contribution in [0.3, 0.4) is 0 Å². The molecule has 1 aliphatic heterocycles. The molecule has 1 aliphatic rings. The first-order valence-corrected chi connectivity index (χ1v) is 25.3. The van der Waals surface area contributed by atoms with E-state index < -0.39 is 52.7 Å². The molecule has 14 nitrogen and oxygen atoms in total. The second-order valence-electron chi connectivity index (χ2n) is 17.5. The summed E-state index contributed by atoms with van der Waals surface area (Å²) >= 11 is 0. The zero-order valence-corrected chi connectivity index (χ0v) is 40.6. The van der Waals surface area contributed by atoms with Crippen LogP contribution < -0.4 is 20.5 Å². The number of anilines is 1. The highest BCUT2D eigenvalue weighted by atomic mass is 31.2. The van der Waals surface area contributed by atoms with Gasteiger partial charge in [-0.1, -0.05) is 75.4 Å². The molecule has 5 rings (SSSR count). The molecule has 4 aromatic rings. The van der Waals surface area contributed by atoms with Gasteiger partial charge in [-0.3, -0.25) is 9.36 Å². The molecular weight excluding hydrogens is 838 g/mol. The maximum atomic E-state index is 14.0. The third-order valence-corrected chi connectivity index (χ3v) is 18.0. The number of nitrogens with zero attached hydrogens (tertiary/aromatic N) is 4. The molecule has 1 aromatic heterocycles. The minimum absolute atomic E-state index is 0.00483. The van der Waals surface area contributed by atoms with E-state index in [1.807, 2.05) is 78.9 Å². The summed E-state index contributed by atoms with van der Waals surface area (Å²) in [6.45, 7) is 20.4. The molecule has 5 atom stereocenters. The molecule has 2 unspecified atom stereocenters. The number of aromatic nitrogens is 2. The van der Waals surface area contributed by atoms with Gasteiger partial charge in [0, 0.05) is 25.2 Å². The summed E-state index contributed by atoms with van der Waals surface area (Å²) in [5.74, 6) is 1.12. The normalized spacial score (nSPS) is 18.7. The largest absolute Gasteiger partial charge is 0.497 e. The number of benzene rings is 3. The van der Waals surface area contributed by atoms with Crippen molar-refractivity contribution in [3.8, 4) is 17.6 Å². The quantitative estimate of drug-likeness (QED) is 0.0389. The monoisotopic (exact) mass is 901 g/mol. The Bertz CT molecular complexity index is 2140. The number of methoxy groups -OCH3 is 2. The standard InChI is InChI=1S/C47H64N5O9PSi/c1-32(2)52(33(3)4)62(58-30-16-28-48)60-42-40(59-44(43(42)61-63(11,12)46(6,7)8)51-29-27-41(49-34(5)53)50-45(51)54)31-57-47(35-17-14-13-15-18-35,36-19-23-38(55-9)24-20-36)37-21-25-39(56-10)26-22-37/h13-15,17-27,29,32-33,40,42-44H,16,30-31H2,1-12H3,(H,49,50,53,54)/t40?,42-,43-,44-,62?/m0/s1. The molecule has 3 aromatic carbocycles. The number of nitriles is 1. The molecule has 63 heavy (non-hydrogen) atoms. The van der Waals surface area contributed by atoms with E-state index in [0.29, 0.717) is 11.5 Å². The summed E-state index contributed by atoms with van der Waals surface area (Å²) in [5.41, 5.74) is 0.633. The van der Waals surface area contributed by atoms with Gasteiger partial charge in [-0.15, -0.1) is 0 Å². The van der Waals surface area contributed by atoms with E-state index in [1.54, 1.807) is 26.5 Å². The molecule has 0 spiro atoms. The number of carbonyl (C=O) groups is 1. The fourth-order valence-electron chi connectivity index (χ4n) is 7.37. The molecule has 0 saturated carbocycles. The molecule has 1 fully saturated rings. The van der Waals surface area contributed by atoms with E-state index in [2.05, 4.69) is 82.6 Å². The van der Waals surface area contributed by atoms with E-state index >= 15 is 0 Å². The van der Waals surface area contributed by atoms with Crippen LogP contribution >= 0.6 is 8.53 Å². The maximum absolute atomic E-state index is 14.0. The van der Waals surface area contributed by atoms with Crippen molar-refractivity contribution in [2.75, 3.05) is 32.8 Å². The number of carbonyl (C=O) groups excluding carboxylic acids is 1. The van der Waals surface area contributed by atoms with Crippen molar-refractivity contribution in [3.63, 3.8) is 0 Å². The molecule has 0 radical (unpaired) electrons. The third-order valence-electron chi connectivity index (χ3n) is 11.4. The molecule has 340 valence electrons. The van der Waals surface area contributed by atoms with Gasteiger partial charge in [-0.2, -0.15) is 10.2 Å². The summed E-state index contributed by atoms with van der Waals surface area (Å²) in [7, 11) is -1.24. The first-order chi connectivity index (χ1) is 29.9. The Hall–Kier alpha value is -4.49. The predicted octanol–water partition coefficient (Wildman–Crippen LogP) is 9.18. The second-order valence-corrected chi connectivity index (χ2v) is 23.7. The van der Waals surface area contributed by atoms with Gasteiger partial charge in [-0.05, 0) is 92.8 Å². The molecule has 0 aliphatic carbocycles. The highest BCUT2D eigenvalue weighted by Crippen LogP contribution is 2.52. The minimum Gasteiger partial charge on any atom is -0.497 e. The Morgan fingerprint density at radius 1 is 0.905 bits per heavy atom. The Morgan fingerprint density at radius 2 is 1.46 bits per heavy atom. The summed E-state index contributed by atoms with van der Waals surface area (Å²) < 4.78 is 50.3. The number of rotatable bonds is 20. The first-order valence-electron chi connectivity index (χ1n) is 21.3. The van der Waals surface area contributed by atoms with Crippen LogP contribution in [0.1, 0.15) is 84.7 Å². The summed E-state index contributed by atoms with van der Waals surface area (Å²) in [4.78, 5) is 30.2. The highest BCUT2D eigenvalue weighted by Gasteiger charge is 2.54. The molecule has 16 heteroatoms. The summed E-state index contributed by atoms with van der Waals surface area (Å²) in [6, 6.07) is 29.2. The Kier molecular flexibility index (Phi) is 16.9. The van der Waals surface area contributed by atoms with Crippen molar-refractivity contribution >= 4 is 28.6 Å². The van der Waals surface area contributed by atoms with Gasteiger partial charge in [0.15, 0.2) is 14.5 Å². The third kappa shape index (κ3) is 11.6.